The molecule has 2 amide bonds. The van der Waals surface area contributed by atoms with Gasteiger partial charge in [-0.1, -0.05) is 86.5 Å². The lowest BCUT2D eigenvalue weighted by Crippen LogP contribution is -2.45. The first-order valence-corrected chi connectivity index (χ1v) is 10.9. The lowest BCUT2D eigenvalue weighted by atomic mass is 9.98. The molecule has 0 fully saturated rings. The van der Waals surface area contributed by atoms with Gasteiger partial charge in [0.25, 0.3) is 11.8 Å². The molecule has 1 atom stereocenters. The third-order valence-corrected chi connectivity index (χ3v) is 5.26. The molecular formula is C27H28N2O3. The van der Waals surface area contributed by atoms with Crippen molar-refractivity contribution < 1.29 is 14.4 Å². The van der Waals surface area contributed by atoms with E-state index in [1.54, 1.807) is 30.3 Å². The summed E-state index contributed by atoms with van der Waals surface area (Å²) in [6.45, 7) is 1.90. The molecule has 0 saturated heterocycles. The van der Waals surface area contributed by atoms with Crippen molar-refractivity contribution in [1.82, 2.24) is 10.6 Å². The van der Waals surface area contributed by atoms with Crippen LogP contribution in [0.25, 0.3) is 11.1 Å². The number of amides is 2. The van der Waals surface area contributed by atoms with Crippen LogP contribution in [-0.4, -0.2) is 30.2 Å². The monoisotopic (exact) mass is 428 g/mol. The van der Waals surface area contributed by atoms with Crippen LogP contribution in [0.2, 0.25) is 0 Å². The van der Waals surface area contributed by atoms with Crippen molar-refractivity contribution >= 4 is 17.6 Å². The fourth-order valence-electron chi connectivity index (χ4n) is 3.49. The van der Waals surface area contributed by atoms with E-state index < -0.39 is 6.04 Å². The Morgan fingerprint density at radius 3 is 2.09 bits per heavy atom. The summed E-state index contributed by atoms with van der Waals surface area (Å²) in [5.41, 5.74) is 2.75. The molecule has 32 heavy (non-hydrogen) atoms. The topological polar surface area (TPSA) is 75.3 Å². The van der Waals surface area contributed by atoms with Crippen molar-refractivity contribution in [3.63, 3.8) is 0 Å². The molecule has 0 aliphatic rings. The summed E-state index contributed by atoms with van der Waals surface area (Å²) in [6, 6.07) is 25.1. The van der Waals surface area contributed by atoms with Crippen molar-refractivity contribution in [3.05, 3.63) is 96.1 Å². The zero-order valence-electron chi connectivity index (χ0n) is 18.2. The highest BCUT2D eigenvalue weighted by Gasteiger charge is 2.23. The average Bonchev–Trinajstić information content (AvgIpc) is 2.85. The number of nitrogens with one attached hydrogen (secondary N) is 2. The number of benzene rings is 3. The predicted octanol–water partition coefficient (Wildman–Crippen LogP) is 4.64. The third kappa shape index (κ3) is 6.14. The quantitative estimate of drug-likeness (QED) is 0.494. The Balaban J connectivity index is 1.71. The first-order chi connectivity index (χ1) is 15.6. The molecule has 2 N–H and O–H groups in total. The molecule has 0 heterocycles. The van der Waals surface area contributed by atoms with Crippen LogP contribution < -0.4 is 10.6 Å². The standard InChI is InChI=1S/C27H28N2O3/c1-2-3-18-24(25(30)19-28-26(31)21-14-8-5-9-15-21)29-27(32)23-17-11-10-16-22(23)20-12-6-4-7-13-20/h4-17,24H,2-3,18-19H2,1H3,(H,28,31)(H,29,32). The molecule has 0 bridgehead atoms. The number of carbonyl (C=O) groups is 3. The summed E-state index contributed by atoms with van der Waals surface area (Å²) in [7, 11) is 0. The molecule has 3 rings (SSSR count). The number of unbranched alkanes of at least 4 members (excludes halogenated alkanes) is 1. The molecule has 0 saturated carbocycles. The molecule has 5 heteroatoms. The van der Waals surface area contributed by atoms with Crippen molar-refractivity contribution in [2.24, 2.45) is 0 Å². The van der Waals surface area contributed by atoms with Gasteiger partial charge in [0.2, 0.25) is 0 Å². The first kappa shape index (κ1) is 22.9. The smallest absolute Gasteiger partial charge is 0.252 e. The minimum Gasteiger partial charge on any atom is -0.345 e. The maximum Gasteiger partial charge on any atom is 0.252 e. The summed E-state index contributed by atoms with van der Waals surface area (Å²) in [6.07, 6.45) is 2.22. The summed E-state index contributed by atoms with van der Waals surface area (Å²) >= 11 is 0. The largest absolute Gasteiger partial charge is 0.345 e. The van der Waals surface area contributed by atoms with Gasteiger partial charge in [0.05, 0.1) is 12.6 Å². The van der Waals surface area contributed by atoms with Crippen molar-refractivity contribution in [2.45, 2.75) is 32.2 Å². The van der Waals surface area contributed by atoms with Crippen molar-refractivity contribution in [2.75, 3.05) is 6.54 Å². The summed E-state index contributed by atoms with van der Waals surface area (Å²) in [5.74, 6) is -0.824. The second kappa shape index (κ2) is 11.6. The Kier molecular flexibility index (Phi) is 8.32. The zero-order chi connectivity index (χ0) is 22.8. The van der Waals surface area contributed by atoms with E-state index in [-0.39, 0.29) is 24.1 Å². The second-order valence-electron chi connectivity index (χ2n) is 7.59. The van der Waals surface area contributed by atoms with Gasteiger partial charge in [0.15, 0.2) is 5.78 Å². The SMILES string of the molecule is CCCCC(NC(=O)c1ccccc1-c1ccccc1)C(=O)CNC(=O)c1ccccc1. The minimum atomic E-state index is -0.664. The summed E-state index contributed by atoms with van der Waals surface area (Å²) in [4.78, 5) is 38.3. The van der Waals surface area contributed by atoms with Gasteiger partial charge in [-0.05, 0) is 35.7 Å². The predicted molar refractivity (Wildman–Crippen MR) is 126 cm³/mol. The molecule has 3 aromatic rings. The Labute approximate surface area is 188 Å². The average molecular weight is 429 g/mol. The maximum absolute atomic E-state index is 13.1. The summed E-state index contributed by atoms with van der Waals surface area (Å²) < 4.78 is 0. The van der Waals surface area contributed by atoms with E-state index in [1.807, 2.05) is 61.5 Å². The van der Waals surface area contributed by atoms with Crippen molar-refractivity contribution in [1.29, 1.82) is 0 Å². The van der Waals surface area contributed by atoms with E-state index in [4.69, 9.17) is 0 Å². The lowest BCUT2D eigenvalue weighted by Gasteiger charge is -2.19. The minimum absolute atomic E-state index is 0.136. The van der Waals surface area contributed by atoms with E-state index in [2.05, 4.69) is 10.6 Å². The van der Waals surface area contributed by atoms with Crippen LogP contribution in [0.4, 0.5) is 0 Å². The van der Waals surface area contributed by atoms with E-state index in [1.165, 1.54) is 0 Å². The van der Waals surface area contributed by atoms with Gasteiger partial charge in [0.1, 0.15) is 0 Å². The molecule has 0 aliphatic heterocycles. The van der Waals surface area contributed by atoms with Gasteiger partial charge in [-0.3, -0.25) is 14.4 Å². The molecule has 5 nitrogen and oxygen atoms in total. The molecule has 0 spiro atoms. The number of rotatable bonds is 10. The van der Waals surface area contributed by atoms with Crippen LogP contribution in [0, 0.1) is 0 Å². The molecule has 0 aliphatic carbocycles. The number of hydrogen-bond donors (Lipinski definition) is 2. The van der Waals surface area contributed by atoms with E-state index in [0.717, 1.165) is 24.0 Å². The van der Waals surface area contributed by atoms with Gasteiger partial charge >= 0.3 is 0 Å². The molecular weight excluding hydrogens is 400 g/mol. The summed E-state index contributed by atoms with van der Waals surface area (Å²) in [5, 5.41) is 5.57. The Morgan fingerprint density at radius 1 is 0.781 bits per heavy atom. The zero-order valence-corrected chi connectivity index (χ0v) is 18.2. The number of Topliss-reactive ketones (excluding diaryl/α,β-unsaturated/α-hetero) is 1. The maximum atomic E-state index is 13.1. The van der Waals surface area contributed by atoms with Gasteiger partial charge in [-0.2, -0.15) is 0 Å². The first-order valence-electron chi connectivity index (χ1n) is 10.9. The number of hydrogen-bond acceptors (Lipinski definition) is 3. The van der Waals surface area contributed by atoms with Crippen LogP contribution in [0.3, 0.4) is 0 Å². The third-order valence-electron chi connectivity index (χ3n) is 5.26. The van der Waals surface area contributed by atoms with Crippen LogP contribution >= 0.6 is 0 Å². The van der Waals surface area contributed by atoms with Gasteiger partial charge < -0.3 is 10.6 Å². The van der Waals surface area contributed by atoms with Crippen LogP contribution in [-0.2, 0) is 4.79 Å². The molecule has 3 aromatic carbocycles. The fraction of sp³-hybridized carbons (Fsp3) is 0.222. The molecule has 0 radical (unpaired) electrons. The van der Waals surface area contributed by atoms with Gasteiger partial charge in [0, 0.05) is 11.1 Å². The number of carbonyl (C=O) groups excluding carboxylic acids is 3. The van der Waals surface area contributed by atoms with Gasteiger partial charge in [-0.15, -0.1) is 0 Å². The van der Waals surface area contributed by atoms with E-state index in [0.29, 0.717) is 17.5 Å². The highest BCUT2D eigenvalue weighted by atomic mass is 16.2. The Morgan fingerprint density at radius 2 is 1.41 bits per heavy atom. The Hall–Kier alpha value is -3.73. The molecule has 0 aromatic heterocycles. The van der Waals surface area contributed by atoms with Crippen LogP contribution in [0.5, 0.6) is 0 Å². The molecule has 1 unspecified atom stereocenters. The van der Waals surface area contributed by atoms with E-state index >= 15 is 0 Å². The second-order valence-corrected chi connectivity index (χ2v) is 7.59. The molecule has 164 valence electrons. The normalized spacial score (nSPS) is 11.4. The number of ketones is 1. The van der Waals surface area contributed by atoms with Gasteiger partial charge in [-0.25, -0.2) is 0 Å². The fourth-order valence-corrected chi connectivity index (χ4v) is 3.49. The highest BCUT2D eigenvalue weighted by Crippen LogP contribution is 2.23. The lowest BCUT2D eigenvalue weighted by molar-refractivity contribution is -0.120. The van der Waals surface area contributed by atoms with E-state index in [9.17, 15) is 14.4 Å². The van der Waals surface area contributed by atoms with Crippen LogP contribution in [0.1, 0.15) is 46.9 Å². The highest BCUT2D eigenvalue weighted by molar-refractivity contribution is 6.04. The van der Waals surface area contributed by atoms with Crippen LogP contribution in [0.15, 0.2) is 84.9 Å². The Bertz CT molecular complexity index is 1050. The van der Waals surface area contributed by atoms with Crippen molar-refractivity contribution in [3.8, 4) is 11.1 Å².